The molecule has 3 heterocycles. The third-order valence-electron chi connectivity index (χ3n) is 8.26. The van der Waals surface area contributed by atoms with Crippen LogP contribution < -0.4 is 5.73 Å². The van der Waals surface area contributed by atoms with Gasteiger partial charge < -0.3 is 10.2 Å². The van der Waals surface area contributed by atoms with Gasteiger partial charge in [-0.25, -0.2) is 15.0 Å². The predicted octanol–water partition coefficient (Wildman–Crippen LogP) is 10.4. The Kier molecular flexibility index (Phi) is 5.76. The van der Waals surface area contributed by atoms with Gasteiger partial charge in [-0.2, -0.15) is 0 Å². The third kappa shape index (κ3) is 4.42. The average Bonchev–Trinajstić information content (AvgIpc) is 3.65. The maximum absolute atomic E-state index is 6.47. The quantitative estimate of drug-likeness (QED) is 0.205. The van der Waals surface area contributed by atoms with E-state index in [0.29, 0.717) is 17.5 Å². The Morgan fingerprint density at radius 2 is 0.889 bits per heavy atom. The van der Waals surface area contributed by atoms with E-state index in [9.17, 15) is 0 Å². The van der Waals surface area contributed by atoms with E-state index < -0.39 is 0 Å². The second-order valence-corrected chi connectivity index (χ2v) is 12.2. The molecule has 212 valence electrons. The molecule has 0 amide bonds. The Bertz CT molecular complexity index is 2500. The van der Waals surface area contributed by atoms with Crippen LogP contribution in [0.4, 0.5) is 5.69 Å². The molecule has 0 bridgehead atoms. The van der Waals surface area contributed by atoms with Crippen molar-refractivity contribution >= 4 is 59.1 Å². The molecule has 0 aliphatic rings. The van der Waals surface area contributed by atoms with Gasteiger partial charge in [-0.3, -0.25) is 0 Å². The van der Waals surface area contributed by atoms with Crippen LogP contribution in [-0.2, 0) is 0 Å². The zero-order valence-electron chi connectivity index (χ0n) is 23.9. The Morgan fingerprint density at radius 1 is 0.422 bits per heavy atom. The Balaban J connectivity index is 1.13. The zero-order chi connectivity index (χ0) is 29.9. The van der Waals surface area contributed by atoms with E-state index in [0.717, 1.165) is 55.4 Å². The van der Waals surface area contributed by atoms with E-state index in [2.05, 4.69) is 60.7 Å². The van der Waals surface area contributed by atoms with Crippen molar-refractivity contribution in [2.45, 2.75) is 0 Å². The molecule has 9 rings (SSSR count). The van der Waals surface area contributed by atoms with Crippen LogP contribution in [0.5, 0.6) is 0 Å². The summed E-state index contributed by atoms with van der Waals surface area (Å²) in [5.74, 6) is 1.87. The van der Waals surface area contributed by atoms with E-state index in [-0.39, 0.29) is 0 Å². The molecule has 0 saturated carbocycles. The van der Waals surface area contributed by atoms with Gasteiger partial charge in [0.1, 0.15) is 11.2 Å². The Hall–Kier alpha value is -5.85. The zero-order valence-corrected chi connectivity index (χ0v) is 24.8. The van der Waals surface area contributed by atoms with E-state index in [1.54, 1.807) is 11.3 Å². The molecule has 5 nitrogen and oxygen atoms in total. The molecule has 3 aromatic heterocycles. The maximum Gasteiger partial charge on any atom is 0.164 e. The van der Waals surface area contributed by atoms with Gasteiger partial charge >= 0.3 is 0 Å². The van der Waals surface area contributed by atoms with Crippen LogP contribution in [0.3, 0.4) is 0 Å². The number of nitrogens with zero attached hydrogens (tertiary/aromatic N) is 3. The number of thiophene rings is 1. The highest BCUT2D eigenvalue weighted by Gasteiger charge is 2.15. The standard InChI is InChI=1S/C39H24N4OS/c40-28-14-18-32-31-17-12-26(21-35(31)45-36(32)22-28)25-11-15-29-30-16-13-27(20-34(30)44-33(29)19-25)39-42-37(23-7-3-1-4-8-23)41-38(43-39)24-9-5-2-6-10-24/h1-22H,40H2. The molecule has 45 heavy (non-hydrogen) atoms. The first kappa shape index (κ1) is 25.6. The number of hydrogen-bond donors (Lipinski definition) is 1. The van der Waals surface area contributed by atoms with Gasteiger partial charge in [-0.15, -0.1) is 11.3 Å². The minimum absolute atomic E-state index is 0.601. The normalized spacial score (nSPS) is 11.6. The summed E-state index contributed by atoms with van der Waals surface area (Å²) in [7, 11) is 0. The van der Waals surface area contributed by atoms with E-state index in [1.807, 2.05) is 72.8 Å². The number of hydrogen-bond acceptors (Lipinski definition) is 6. The summed E-state index contributed by atoms with van der Waals surface area (Å²) in [6.45, 7) is 0. The largest absolute Gasteiger partial charge is 0.456 e. The van der Waals surface area contributed by atoms with Gasteiger partial charge in [0.15, 0.2) is 17.5 Å². The van der Waals surface area contributed by atoms with Crippen LogP contribution in [0.1, 0.15) is 0 Å². The lowest BCUT2D eigenvalue weighted by Gasteiger charge is -2.08. The van der Waals surface area contributed by atoms with E-state index >= 15 is 0 Å². The van der Waals surface area contributed by atoms with Crippen molar-refractivity contribution in [3.8, 4) is 45.3 Å². The Labute approximate surface area is 262 Å². The van der Waals surface area contributed by atoms with Gasteiger partial charge in [0.25, 0.3) is 0 Å². The van der Waals surface area contributed by atoms with Gasteiger partial charge in [-0.05, 0) is 53.6 Å². The topological polar surface area (TPSA) is 77.8 Å². The van der Waals surface area contributed by atoms with Crippen LogP contribution in [-0.4, -0.2) is 15.0 Å². The van der Waals surface area contributed by atoms with Gasteiger partial charge in [0, 0.05) is 53.3 Å². The van der Waals surface area contributed by atoms with E-state index in [1.165, 1.54) is 20.2 Å². The highest BCUT2D eigenvalue weighted by Crippen LogP contribution is 2.39. The molecule has 9 aromatic rings. The molecule has 0 aliphatic heterocycles. The molecule has 0 aliphatic carbocycles. The number of nitrogen functional groups attached to an aromatic ring is 1. The minimum Gasteiger partial charge on any atom is -0.456 e. The maximum atomic E-state index is 6.47. The summed E-state index contributed by atoms with van der Waals surface area (Å²) < 4.78 is 8.92. The lowest BCUT2D eigenvalue weighted by Crippen LogP contribution is -2.00. The smallest absolute Gasteiger partial charge is 0.164 e. The monoisotopic (exact) mass is 596 g/mol. The summed E-state index contributed by atoms with van der Waals surface area (Å²) in [6, 6.07) is 45.4. The fraction of sp³-hybridized carbons (Fsp3) is 0. The Morgan fingerprint density at radius 3 is 1.51 bits per heavy atom. The van der Waals surface area contributed by atoms with E-state index in [4.69, 9.17) is 25.1 Å². The van der Waals surface area contributed by atoms with Crippen molar-refractivity contribution in [1.29, 1.82) is 0 Å². The van der Waals surface area contributed by atoms with Gasteiger partial charge in [0.05, 0.1) is 0 Å². The van der Waals surface area contributed by atoms with Crippen molar-refractivity contribution in [3.63, 3.8) is 0 Å². The van der Waals surface area contributed by atoms with Crippen molar-refractivity contribution < 1.29 is 4.42 Å². The van der Waals surface area contributed by atoms with Crippen LogP contribution in [0.25, 0.3) is 87.4 Å². The number of aromatic nitrogens is 3. The number of rotatable bonds is 4. The summed E-state index contributed by atoms with van der Waals surface area (Å²) in [6.07, 6.45) is 0. The summed E-state index contributed by atoms with van der Waals surface area (Å²) in [5.41, 5.74) is 13.5. The van der Waals surface area contributed by atoms with Crippen LogP contribution in [0.2, 0.25) is 0 Å². The van der Waals surface area contributed by atoms with Crippen LogP contribution in [0.15, 0.2) is 138 Å². The van der Waals surface area contributed by atoms with Gasteiger partial charge in [0.2, 0.25) is 0 Å². The number of furan rings is 1. The number of anilines is 1. The average molecular weight is 597 g/mol. The van der Waals surface area contributed by atoms with Crippen LogP contribution >= 0.6 is 11.3 Å². The van der Waals surface area contributed by atoms with Gasteiger partial charge in [-0.1, -0.05) is 91.0 Å². The summed E-state index contributed by atoms with van der Waals surface area (Å²) in [5, 5.41) is 4.62. The SMILES string of the molecule is Nc1ccc2c(c1)sc1cc(-c3ccc4c(c3)oc3cc(-c5nc(-c6ccccc6)nc(-c6ccccc6)n5)ccc34)ccc12. The molecular weight excluding hydrogens is 573 g/mol. The van der Waals surface area contributed by atoms with Crippen molar-refractivity contribution in [2.75, 3.05) is 5.73 Å². The van der Waals surface area contributed by atoms with Crippen molar-refractivity contribution in [2.24, 2.45) is 0 Å². The molecule has 0 saturated heterocycles. The first-order valence-electron chi connectivity index (χ1n) is 14.7. The third-order valence-corrected chi connectivity index (χ3v) is 9.38. The molecule has 0 radical (unpaired) electrons. The molecule has 0 unspecified atom stereocenters. The minimum atomic E-state index is 0.601. The highest BCUT2D eigenvalue weighted by molar-refractivity contribution is 7.25. The molecular formula is C39H24N4OS. The lowest BCUT2D eigenvalue weighted by atomic mass is 10.0. The highest BCUT2D eigenvalue weighted by atomic mass is 32.1. The second-order valence-electron chi connectivity index (χ2n) is 11.1. The molecule has 6 heteroatoms. The molecule has 0 spiro atoms. The first-order chi connectivity index (χ1) is 22.2. The fourth-order valence-corrected chi connectivity index (χ4v) is 7.20. The molecule has 2 N–H and O–H groups in total. The second kappa shape index (κ2) is 10.1. The first-order valence-corrected chi connectivity index (χ1v) is 15.5. The van der Waals surface area contributed by atoms with Crippen molar-refractivity contribution in [1.82, 2.24) is 15.0 Å². The number of nitrogens with two attached hydrogens (primary N) is 1. The van der Waals surface area contributed by atoms with Crippen molar-refractivity contribution in [3.05, 3.63) is 133 Å². The molecule has 0 atom stereocenters. The molecule has 0 fully saturated rings. The molecule has 6 aromatic carbocycles. The predicted molar refractivity (Wildman–Crippen MR) is 186 cm³/mol. The van der Waals surface area contributed by atoms with Crippen LogP contribution in [0, 0.1) is 0 Å². The number of benzene rings is 6. The lowest BCUT2D eigenvalue weighted by molar-refractivity contribution is 0.669. The number of fused-ring (bicyclic) bond motifs is 6. The summed E-state index contributed by atoms with van der Waals surface area (Å²) in [4.78, 5) is 14.6. The fourth-order valence-electron chi connectivity index (χ4n) is 6.01. The summed E-state index contributed by atoms with van der Waals surface area (Å²) >= 11 is 1.77.